The first-order valence-electron chi connectivity index (χ1n) is 11.1. The quantitative estimate of drug-likeness (QED) is 0.488. The van der Waals surface area contributed by atoms with Crippen LogP contribution in [0.25, 0.3) is 10.8 Å². The topological polar surface area (TPSA) is 105 Å². The summed E-state index contributed by atoms with van der Waals surface area (Å²) >= 11 is 5.88. The SMILES string of the molecule is CN(C(=O)Oc1cc2c3c(cccc3c1)N(C1CCC(=O)NC1=O)C2=O)c1ccc(Cl)c(OC(F)F)c1. The van der Waals surface area contributed by atoms with Gasteiger partial charge in [-0.15, -0.1) is 0 Å². The van der Waals surface area contributed by atoms with Crippen molar-refractivity contribution >= 4 is 57.6 Å². The number of benzene rings is 3. The van der Waals surface area contributed by atoms with Gasteiger partial charge in [0.15, 0.2) is 0 Å². The van der Waals surface area contributed by atoms with Crippen LogP contribution < -0.4 is 24.6 Å². The number of nitrogens with zero attached hydrogens (tertiary/aromatic N) is 2. The Kier molecular flexibility index (Phi) is 6.16. The molecule has 4 amide bonds. The van der Waals surface area contributed by atoms with Gasteiger partial charge in [-0.3, -0.25) is 29.5 Å². The van der Waals surface area contributed by atoms with Gasteiger partial charge in [-0.1, -0.05) is 23.7 Å². The molecule has 2 aliphatic heterocycles. The summed E-state index contributed by atoms with van der Waals surface area (Å²) in [7, 11) is 1.37. The fraction of sp³-hybridized carbons (Fsp3) is 0.200. The number of piperidine rings is 1. The maximum atomic E-state index is 13.4. The van der Waals surface area contributed by atoms with E-state index in [2.05, 4.69) is 10.1 Å². The summed E-state index contributed by atoms with van der Waals surface area (Å²) in [6.07, 6.45) is -0.567. The largest absolute Gasteiger partial charge is 0.433 e. The van der Waals surface area contributed by atoms with E-state index in [4.69, 9.17) is 16.3 Å². The van der Waals surface area contributed by atoms with Gasteiger partial charge in [-0.2, -0.15) is 8.78 Å². The zero-order valence-corrected chi connectivity index (χ0v) is 19.9. The Morgan fingerprint density at radius 2 is 1.95 bits per heavy atom. The second-order valence-corrected chi connectivity index (χ2v) is 8.82. The number of nitrogens with one attached hydrogen (secondary N) is 1. The smallest absolute Gasteiger partial charge is 0.419 e. The molecule has 0 aliphatic carbocycles. The number of hydrogen-bond donors (Lipinski definition) is 1. The van der Waals surface area contributed by atoms with Gasteiger partial charge >= 0.3 is 12.7 Å². The molecule has 3 aromatic carbocycles. The summed E-state index contributed by atoms with van der Waals surface area (Å²) in [4.78, 5) is 52.7. The highest BCUT2D eigenvalue weighted by Gasteiger charge is 2.41. The van der Waals surface area contributed by atoms with Crippen molar-refractivity contribution in [3.63, 3.8) is 0 Å². The summed E-state index contributed by atoms with van der Waals surface area (Å²) in [6.45, 7) is -3.10. The Bertz CT molecular complexity index is 1480. The number of imide groups is 1. The molecule has 0 spiro atoms. The van der Waals surface area contributed by atoms with Crippen molar-refractivity contribution in [3.05, 3.63) is 59.1 Å². The average molecular weight is 530 g/mol. The first-order valence-corrected chi connectivity index (χ1v) is 11.5. The highest BCUT2D eigenvalue weighted by molar-refractivity contribution is 6.32. The van der Waals surface area contributed by atoms with Crippen LogP contribution in [0, 0.1) is 0 Å². The van der Waals surface area contributed by atoms with Crippen LogP contribution in [-0.4, -0.2) is 43.5 Å². The van der Waals surface area contributed by atoms with Crippen LogP contribution in [0.4, 0.5) is 25.0 Å². The number of anilines is 2. The lowest BCUT2D eigenvalue weighted by molar-refractivity contribution is -0.134. The van der Waals surface area contributed by atoms with Crippen LogP contribution >= 0.6 is 11.6 Å². The zero-order valence-electron chi connectivity index (χ0n) is 19.2. The monoisotopic (exact) mass is 529 g/mol. The Balaban J connectivity index is 1.42. The Labute approximate surface area is 213 Å². The number of alkyl halides is 2. The van der Waals surface area contributed by atoms with Crippen LogP contribution in [0.1, 0.15) is 23.2 Å². The first-order chi connectivity index (χ1) is 17.6. The van der Waals surface area contributed by atoms with E-state index in [-0.39, 0.29) is 40.6 Å². The number of ether oxygens (including phenoxy) is 2. The van der Waals surface area contributed by atoms with Crippen LogP contribution in [0.3, 0.4) is 0 Å². The highest BCUT2D eigenvalue weighted by atomic mass is 35.5. The molecule has 3 aromatic rings. The van der Waals surface area contributed by atoms with Crippen molar-refractivity contribution in [2.45, 2.75) is 25.5 Å². The molecule has 1 saturated heterocycles. The zero-order chi connectivity index (χ0) is 26.4. The molecule has 12 heteroatoms. The second-order valence-electron chi connectivity index (χ2n) is 8.41. The lowest BCUT2D eigenvalue weighted by Gasteiger charge is -2.30. The predicted molar refractivity (Wildman–Crippen MR) is 129 cm³/mol. The van der Waals surface area contributed by atoms with E-state index in [0.29, 0.717) is 16.5 Å². The molecule has 1 N–H and O–H groups in total. The minimum atomic E-state index is -3.10. The maximum Gasteiger partial charge on any atom is 0.419 e. The minimum absolute atomic E-state index is 0.0572. The standard InChI is InChI=1S/C25H18ClF2N3O6/c1-30(13-5-6-16(26)19(10-13)37-24(27)28)25(35)36-14-9-12-3-2-4-17-21(12)15(11-14)23(34)31(17)18-7-8-20(32)29-22(18)33/h2-6,9-11,18,24H,7-8H2,1H3,(H,29,32,33). The van der Waals surface area contributed by atoms with E-state index in [9.17, 15) is 28.0 Å². The molecule has 2 heterocycles. The molecule has 1 atom stereocenters. The van der Waals surface area contributed by atoms with Crippen LogP contribution in [0.2, 0.25) is 5.02 Å². The van der Waals surface area contributed by atoms with Crippen molar-refractivity contribution in [2.75, 3.05) is 16.8 Å². The van der Waals surface area contributed by atoms with Crippen molar-refractivity contribution in [1.29, 1.82) is 0 Å². The van der Waals surface area contributed by atoms with Gasteiger partial charge in [0.1, 0.15) is 17.5 Å². The molecule has 190 valence electrons. The van der Waals surface area contributed by atoms with Crippen LogP contribution in [0.15, 0.2) is 48.5 Å². The number of hydrogen-bond acceptors (Lipinski definition) is 6. The molecular weight excluding hydrogens is 512 g/mol. The summed E-state index contributed by atoms with van der Waals surface area (Å²) in [5.74, 6) is -1.65. The summed E-state index contributed by atoms with van der Waals surface area (Å²) in [5, 5.41) is 3.40. The number of amides is 4. The molecular formula is C25H18ClF2N3O6. The average Bonchev–Trinajstić information content (AvgIpc) is 3.12. The number of carbonyl (C=O) groups is 4. The number of carbonyl (C=O) groups excluding carboxylic acids is 4. The molecule has 0 radical (unpaired) electrons. The van der Waals surface area contributed by atoms with E-state index in [1.807, 2.05) is 0 Å². The van der Waals surface area contributed by atoms with Gasteiger partial charge in [0.05, 0.1) is 22.0 Å². The fourth-order valence-electron chi connectivity index (χ4n) is 4.45. The number of halogens is 3. The van der Waals surface area contributed by atoms with Crippen molar-refractivity contribution < 1.29 is 37.4 Å². The van der Waals surface area contributed by atoms with Crippen molar-refractivity contribution in [1.82, 2.24) is 5.32 Å². The van der Waals surface area contributed by atoms with E-state index in [1.54, 1.807) is 24.3 Å². The first kappa shape index (κ1) is 24.4. The van der Waals surface area contributed by atoms with Gasteiger partial charge in [-0.05, 0) is 42.1 Å². The normalized spacial score (nSPS) is 16.8. The Morgan fingerprint density at radius 1 is 1.16 bits per heavy atom. The van der Waals surface area contributed by atoms with Gasteiger partial charge in [-0.25, -0.2) is 4.79 Å². The number of rotatable bonds is 5. The molecule has 1 fully saturated rings. The van der Waals surface area contributed by atoms with Gasteiger partial charge < -0.3 is 9.47 Å². The molecule has 0 saturated carbocycles. The van der Waals surface area contributed by atoms with E-state index in [0.717, 1.165) is 4.90 Å². The van der Waals surface area contributed by atoms with E-state index in [1.165, 1.54) is 36.2 Å². The van der Waals surface area contributed by atoms with Gasteiger partial charge in [0.25, 0.3) is 5.91 Å². The van der Waals surface area contributed by atoms with E-state index >= 15 is 0 Å². The third-order valence-electron chi connectivity index (χ3n) is 6.16. The third-order valence-corrected chi connectivity index (χ3v) is 6.47. The molecule has 9 nitrogen and oxygen atoms in total. The highest BCUT2D eigenvalue weighted by Crippen LogP contribution is 2.42. The third kappa shape index (κ3) is 4.42. The fourth-order valence-corrected chi connectivity index (χ4v) is 4.61. The lowest BCUT2D eigenvalue weighted by atomic mass is 10.0. The molecule has 1 unspecified atom stereocenters. The van der Waals surface area contributed by atoms with Crippen molar-refractivity contribution in [3.8, 4) is 11.5 Å². The predicted octanol–water partition coefficient (Wildman–Crippen LogP) is 4.50. The molecule has 37 heavy (non-hydrogen) atoms. The summed E-state index contributed by atoms with van der Waals surface area (Å²) in [6, 6.07) is 11.2. The van der Waals surface area contributed by atoms with E-state index < -0.39 is 36.5 Å². The van der Waals surface area contributed by atoms with Gasteiger partial charge in [0.2, 0.25) is 11.8 Å². The molecule has 5 rings (SSSR count). The van der Waals surface area contributed by atoms with Crippen LogP contribution in [0.5, 0.6) is 11.5 Å². The molecule has 0 aromatic heterocycles. The van der Waals surface area contributed by atoms with Crippen LogP contribution in [-0.2, 0) is 9.59 Å². The Morgan fingerprint density at radius 3 is 2.68 bits per heavy atom. The Hall–Kier alpha value is -4.25. The maximum absolute atomic E-state index is 13.4. The lowest BCUT2D eigenvalue weighted by Crippen LogP contribution is -2.53. The summed E-state index contributed by atoms with van der Waals surface area (Å²) < 4.78 is 35.2. The molecule has 2 aliphatic rings. The second kappa shape index (κ2) is 9.32. The van der Waals surface area contributed by atoms with Crippen molar-refractivity contribution in [2.24, 2.45) is 0 Å². The minimum Gasteiger partial charge on any atom is -0.433 e. The molecule has 0 bridgehead atoms. The summed E-state index contributed by atoms with van der Waals surface area (Å²) in [5.41, 5.74) is 0.940. The van der Waals surface area contributed by atoms with Gasteiger partial charge in [0, 0.05) is 24.9 Å².